The molecule has 3 aromatic rings. The lowest BCUT2D eigenvalue weighted by Gasteiger charge is -2.16. The zero-order valence-electron chi connectivity index (χ0n) is 15.2. The minimum absolute atomic E-state index is 0.0428. The van der Waals surface area contributed by atoms with Crippen LogP contribution >= 0.6 is 116 Å². The van der Waals surface area contributed by atoms with Gasteiger partial charge in [0.1, 0.15) is 0 Å². The molecule has 0 radical (unpaired) electrons. The number of aromatic nitrogens is 1. The van der Waals surface area contributed by atoms with Crippen molar-refractivity contribution in [2.45, 2.75) is 0 Å². The maximum Gasteiger partial charge on any atom is 0.338 e. The summed E-state index contributed by atoms with van der Waals surface area (Å²) in [5.74, 6) is -0.702. The Hall–Kier alpha value is -0.0400. The fraction of sp³-hybridized carbons (Fsp3) is 0.0526. The van der Waals surface area contributed by atoms with Gasteiger partial charge < -0.3 is 4.74 Å². The van der Waals surface area contributed by atoms with Gasteiger partial charge in [-0.3, -0.25) is 0 Å². The van der Waals surface area contributed by atoms with Crippen molar-refractivity contribution in [1.82, 2.24) is 4.98 Å². The standard InChI is InChI=1S/C19H5Cl10NO2/c1-32-19(31)4-2-5(7-9(20)13(24)17(28)14(25)10(7)21)30-6(3-4)8-11(22)15(26)18(29)16(27)12(8)23/h2-3H,1H3. The van der Waals surface area contributed by atoms with E-state index in [0.29, 0.717) is 0 Å². The number of pyridine rings is 1. The molecular formula is C19H5Cl10NO2. The van der Waals surface area contributed by atoms with Gasteiger partial charge in [0.05, 0.1) is 74.3 Å². The molecule has 0 unspecified atom stereocenters. The Morgan fingerprint density at radius 2 is 0.875 bits per heavy atom. The van der Waals surface area contributed by atoms with Gasteiger partial charge in [0, 0.05) is 11.1 Å². The molecule has 3 rings (SSSR count). The van der Waals surface area contributed by atoms with Crippen LogP contribution in [0.25, 0.3) is 22.5 Å². The SMILES string of the molecule is COC(=O)c1cc(-c2c(Cl)c(Cl)c(Cl)c(Cl)c2Cl)nc(-c2c(Cl)c(Cl)c(Cl)c(Cl)c2Cl)c1. The van der Waals surface area contributed by atoms with Crippen molar-refractivity contribution in [1.29, 1.82) is 0 Å². The first-order valence-corrected chi connectivity index (χ1v) is 11.8. The van der Waals surface area contributed by atoms with Crippen LogP contribution in [0, 0.1) is 0 Å². The second kappa shape index (κ2) is 10.3. The third-order valence-electron chi connectivity index (χ3n) is 4.18. The van der Waals surface area contributed by atoms with E-state index in [9.17, 15) is 4.79 Å². The molecule has 0 spiro atoms. The second-order valence-electron chi connectivity index (χ2n) is 6.01. The van der Waals surface area contributed by atoms with Crippen LogP contribution in [-0.4, -0.2) is 18.1 Å². The lowest BCUT2D eigenvalue weighted by molar-refractivity contribution is 0.0600. The quantitative estimate of drug-likeness (QED) is 0.164. The van der Waals surface area contributed by atoms with E-state index in [0.717, 1.165) is 0 Å². The molecule has 0 bridgehead atoms. The van der Waals surface area contributed by atoms with E-state index in [1.54, 1.807) is 0 Å². The first-order valence-electron chi connectivity index (χ1n) is 8.06. The van der Waals surface area contributed by atoms with Gasteiger partial charge in [-0.15, -0.1) is 0 Å². The van der Waals surface area contributed by atoms with Crippen molar-refractivity contribution in [3.63, 3.8) is 0 Å². The Labute approximate surface area is 232 Å². The number of methoxy groups -OCH3 is 1. The van der Waals surface area contributed by atoms with E-state index in [2.05, 4.69) is 4.98 Å². The smallest absolute Gasteiger partial charge is 0.338 e. The molecule has 13 heteroatoms. The van der Waals surface area contributed by atoms with Crippen molar-refractivity contribution < 1.29 is 9.53 Å². The number of halogens is 10. The van der Waals surface area contributed by atoms with Crippen molar-refractivity contribution >= 4 is 122 Å². The van der Waals surface area contributed by atoms with Gasteiger partial charge in [0.25, 0.3) is 0 Å². The van der Waals surface area contributed by atoms with Gasteiger partial charge in [0.2, 0.25) is 0 Å². The van der Waals surface area contributed by atoms with Gasteiger partial charge >= 0.3 is 5.97 Å². The maximum atomic E-state index is 12.4. The molecule has 1 aromatic heterocycles. The van der Waals surface area contributed by atoms with E-state index >= 15 is 0 Å². The number of hydrogen-bond acceptors (Lipinski definition) is 3. The van der Waals surface area contributed by atoms with Gasteiger partial charge in [-0.1, -0.05) is 116 Å². The summed E-state index contributed by atoms with van der Waals surface area (Å²) in [4.78, 5) is 16.9. The zero-order chi connectivity index (χ0) is 24.1. The van der Waals surface area contributed by atoms with Crippen LogP contribution in [0.15, 0.2) is 12.1 Å². The number of hydrogen-bond donors (Lipinski definition) is 0. The predicted octanol–water partition coefficient (Wildman–Crippen LogP) is 10.7. The average molecular weight is 634 g/mol. The first kappa shape index (κ1) is 26.6. The van der Waals surface area contributed by atoms with Crippen LogP contribution in [0.3, 0.4) is 0 Å². The van der Waals surface area contributed by atoms with Crippen LogP contribution in [-0.2, 0) is 4.74 Å². The summed E-state index contributed by atoms with van der Waals surface area (Å²) in [6.07, 6.45) is 0. The van der Waals surface area contributed by atoms with Crippen molar-refractivity contribution in [3.05, 3.63) is 67.9 Å². The summed E-state index contributed by atoms with van der Waals surface area (Å²) >= 11 is 62.4. The lowest BCUT2D eigenvalue weighted by Crippen LogP contribution is -2.04. The summed E-state index contributed by atoms with van der Waals surface area (Å²) in [6, 6.07) is 2.73. The fourth-order valence-electron chi connectivity index (χ4n) is 2.68. The molecule has 168 valence electrons. The molecular weight excluding hydrogens is 629 g/mol. The molecule has 0 atom stereocenters. The van der Waals surface area contributed by atoms with Gasteiger partial charge in [0.15, 0.2) is 0 Å². The van der Waals surface area contributed by atoms with E-state index in [4.69, 9.17) is 121 Å². The van der Waals surface area contributed by atoms with E-state index in [1.807, 2.05) is 0 Å². The second-order valence-corrected chi connectivity index (χ2v) is 9.79. The molecule has 2 aromatic carbocycles. The summed E-state index contributed by atoms with van der Waals surface area (Å²) in [7, 11) is 1.20. The van der Waals surface area contributed by atoms with Crippen LogP contribution in [0.1, 0.15) is 10.4 Å². The first-order chi connectivity index (χ1) is 14.9. The van der Waals surface area contributed by atoms with Crippen LogP contribution in [0.2, 0.25) is 50.2 Å². The lowest BCUT2D eigenvalue weighted by atomic mass is 10.0. The molecule has 0 amide bonds. The van der Waals surface area contributed by atoms with Crippen LogP contribution in [0.5, 0.6) is 0 Å². The molecule has 32 heavy (non-hydrogen) atoms. The van der Waals surface area contributed by atoms with Crippen molar-refractivity contribution in [3.8, 4) is 22.5 Å². The Bertz CT molecular complexity index is 1150. The summed E-state index contributed by atoms with van der Waals surface area (Å²) in [6.45, 7) is 0. The fourth-order valence-corrected chi connectivity index (χ4v) is 5.35. The Kier molecular flexibility index (Phi) is 8.54. The summed E-state index contributed by atoms with van der Waals surface area (Å²) < 4.78 is 4.83. The third-order valence-corrected chi connectivity index (χ3v) is 8.73. The highest BCUT2D eigenvalue weighted by Gasteiger charge is 2.26. The Morgan fingerprint density at radius 1 is 0.594 bits per heavy atom. The summed E-state index contributed by atoms with van der Waals surface area (Å²) in [5, 5.41) is -0.496. The number of carbonyl (C=O) groups excluding carboxylic acids is 1. The zero-order valence-corrected chi connectivity index (χ0v) is 22.8. The average Bonchev–Trinajstić information content (AvgIpc) is 2.78. The maximum absolute atomic E-state index is 12.4. The predicted molar refractivity (Wildman–Crippen MR) is 137 cm³/mol. The highest BCUT2D eigenvalue weighted by Crippen LogP contribution is 2.50. The highest BCUT2D eigenvalue weighted by atomic mass is 35.5. The monoisotopic (exact) mass is 629 g/mol. The molecule has 0 saturated carbocycles. The number of ether oxygens (including phenoxy) is 1. The van der Waals surface area contributed by atoms with Crippen LogP contribution < -0.4 is 0 Å². The van der Waals surface area contributed by atoms with E-state index in [-0.39, 0.29) is 78.3 Å². The molecule has 0 aliphatic carbocycles. The van der Waals surface area contributed by atoms with E-state index < -0.39 is 5.97 Å². The number of nitrogens with zero attached hydrogens (tertiary/aromatic N) is 1. The molecule has 0 fully saturated rings. The highest BCUT2D eigenvalue weighted by molar-refractivity contribution is 6.57. The summed E-state index contributed by atoms with van der Waals surface area (Å²) in [5.41, 5.74) is 0.452. The number of carbonyl (C=O) groups is 1. The van der Waals surface area contributed by atoms with Gasteiger partial charge in [-0.2, -0.15) is 0 Å². The van der Waals surface area contributed by atoms with Gasteiger partial charge in [-0.25, -0.2) is 9.78 Å². The normalized spacial score (nSPS) is 11.1. The van der Waals surface area contributed by atoms with Crippen LogP contribution in [0.4, 0.5) is 0 Å². The Balaban J connectivity index is 2.45. The minimum Gasteiger partial charge on any atom is -0.465 e. The molecule has 1 heterocycles. The minimum atomic E-state index is -0.702. The molecule has 3 nitrogen and oxygen atoms in total. The third kappa shape index (κ3) is 4.59. The van der Waals surface area contributed by atoms with Gasteiger partial charge in [-0.05, 0) is 12.1 Å². The van der Waals surface area contributed by atoms with E-state index in [1.165, 1.54) is 19.2 Å². The van der Waals surface area contributed by atoms with Crippen molar-refractivity contribution in [2.75, 3.05) is 7.11 Å². The molecule has 0 aliphatic rings. The molecule has 0 saturated heterocycles. The number of rotatable bonds is 3. The number of esters is 1. The number of benzene rings is 2. The molecule has 0 aliphatic heterocycles. The topological polar surface area (TPSA) is 39.2 Å². The molecule has 0 N–H and O–H groups in total. The Morgan fingerprint density at radius 3 is 1.16 bits per heavy atom. The largest absolute Gasteiger partial charge is 0.465 e. The van der Waals surface area contributed by atoms with Crippen molar-refractivity contribution in [2.24, 2.45) is 0 Å².